The minimum Gasteiger partial charge on any atom is -0.494 e. The van der Waals surface area contributed by atoms with E-state index in [1.54, 1.807) is 53.4 Å². The molecule has 1 heterocycles. The minimum atomic E-state index is -0.670. The van der Waals surface area contributed by atoms with Gasteiger partial charge >= 0.3 is 0 Å². The number of amides is 2. The summed E-state index contributed by atoms with van der Waals surface area (Å²) in [6.07, 6.45) is 1.68. The molecule has 1 aliphatic rings. The minimum absolute atomic E-state index is 0.0355. The van der Waals surface area contributed by atoms with Crippen molar-refractivity contribution in [3.63, 3.8) is 0 Å². The fourth-order valence-corrected chi connectivity index (χ4v) is 3.18. The van der Waals surface area contributed by atoms with E-state index in [2.05, 4.69) is 11.9 Å². The smallest absolute Gasteiger partial charge is 0.262 e. The molecule has 0 aromatic heterocycles. The van der Waals surface area contributed by atoms with Crippen molar-refractivity contribution >= 4 is 23.2 Å². The zero-order valence-electron chi connectivity index (χ0n) is 18.1. The maximum Gasteiger partial charge on any atom is 0.262 e. The highest BCUT2D eigenvalue weighted by atomic mass is 16.5. The van der Waals surface area contributed by atoms with Gasteiger partial charge in [0.15, 0.2) is 6.61 Å². The van der Waals surface area contributed by atoms with E-state index in [-0.39, 0.29) is 25.0 Å². The van der Waals surface area contributed by atoms with Crippen molar-refractivity contribution in [1.29, 1.82) is 0 Å². The molecule has 1 aliphatic heterocycles. The van der Waals surface area contributed by atoms with Gasteiger partial charge in [-0.2, -0.15) is 0 Å². The van der Waals surface area contributed by atoms with Crippen LogP contribution in [0.1, 0.15) is 20.8 Å². The molecule has 0 bridgehead atoms. The van der Waals surface area contributed by atoms with Crippen molar-refractivity contribution in [3.8, 4) is 17.2 Å². The number of carbonyl (C=O) groups excluding carboxylic acids is 2. The van der Waals surface area contributed by atoms with E-state index < -0.39 is 5.41 Å². The van der Waals surface area contributed by atoms with Crippen molar-refractivity contribution in [1.82, 2.24) is 0 Å². The van der Waals surface area contributed by atoms with Gasteiger partial charge in [-0.1, -0.05) is 6.08 Å². The first-order valence-electron chi connectivity index (χ1n) is 10.2. The van der Waals surface area contributed by atoms with Gasteiger partial charge in [-0.15, -0.1) is 6.58 Å². The van der Waals surface area contributed by atoms with Crippen LogP contribution in [0.25, 0.3) is 0 Å². The fourth-order valence-electron chi connectivity index (χ4n) is 3.18. The Morgan fingerprint density at radius 3 is 2.52 bits per heavy atom. The van der Waals surface area contributed by atoms with Crippen LogP contribution in [0.2, 0.25) is 0 Å². The summed E-state index contributed by atoms with van der Waals surface area (Å²) < 4.78 is 16.8. The van der Waals surface area contributed by atoms with E-state index in [1.165, 1.54) is 0 Å². The molecule has 0 unspecified atom stereocenters. The van der Waals surface area contributed by atoms with Gasteiger partial charge in [0.05, 0.1) is 17.7 Å². The van der Waals surface area contributed by atoms with Crippen molar-refractivity contribution in [2.45, 2.75) is 20.8 Å². The number of carbonyl (C=O) groups is 2. The summed E-state index contributed by atoms with van der Waals surface area (Å²) in [5.41, 5.74) is 0.542. The maximum atomic E-state index is 12.9. The molecule has 7 heteroatoms. The quantitative estimate of drug-likeness (QED) is 0.647. The van der Waals surface area contributed by atoms with Crippen molar-refractivity contribution in [3.05, 3.63) is 55.1 Å². The molecular weight excluding hydrogens is 396 g/mol. The molecule has 0 saturated carbocycles. The number of hydrogen-bond donors (Lipinski definition) is 1. The summed E-state index contributed by atoms with van der Waals surface area (Å²) in [5, 5.41) is 2.80. The number of hydrogen-bond acceptors (Lipinski definition) is 5. The molecule has 2 amide bonds. The molecule has 31 heavy (non-hydrogen) atoms. The Hall–Kier alpha value is -3.48. The van der Waals surface area contributed by atoms with Crippen molar-refractivity contribution in [2.24, 2.45) is 5.41 Å². The number of fused-ring (bicyclic) bond motifs is 1. The van der Waals surface area contributed by atoms with E-state index >= 15 is 0 Å². The van der Waals surface area contributed by atoms with E-state index in [0.717, 1.165) is 5.75 Å². The van der Waals surface area contributed by atoms with E-state index in [0.29, 0.717) is 36.0 Å². The molecule has 2 aromatic rings. The summed E-state index contributed by atoms with van der Waals surface area (Å²) in [7, 11) is 0. The highest BCUT2D eigenvalue weighted by Gasteiger charge is 2.37. The summed E-state index contributed by atoms with van der Waals surface area (Å²) in [5.74, 6) is 1.51. The Labute approximate surface area is 182 Å². The third kappa shape index (κ3) is 5.36. The van der Waals surface area contributed by atoms with Crippen LogP contribution in [-0.2, 0) is 9.59 Å². The van der Waals surface area contributed by atoms with Crippen LogP contribution in [0.5, 0.6) is 17.2 Å². The third-order valence-electron chi connectivity index (χ3n) is 4.76. The van der Waals surface area contributed by atoms with Crippen LogP contribution in [0.4, 0.5) is 11.4 Å². The van der Waals surface area contributed by atoms with Gasteiger partial charge in [-0.3, -0.25) is 9.59 Å². The maximum absolute atomic E-state index is 12.9. The Balaban J connectivity index is 1.66. The molecule has 0 aliphatic carbocycles. The number of nitrogens with zero attached hydrogens (tertiary/aromatic N) is 1. The Morgan fingerprint density at radius 2 is 1.87 bits per heavy atom. The lowest BCUT2D eigenvalue weighted by atomic mass is 9.93. The Morgan fingerprint density at radius 1 is 1.19 bits per heavy atom. The predicted octanol–water partition coefficient (Wildman–Crippen LogP) is 4.04. The molecule has 0 atom stereocenters. The second-order valence-corrected chi connectivity index (χ2v) is 7.80. The highest BCUT2D eigenvalue weighted by Crippen LogP contribution is 2.38. The fraction of sp³-hybridized carbons (Fsp3) is 0.333. The van der Waals surface area contributed by atoms with Gasteiger partial charge in [-0.25, -0.2) is 0 Å². The Bertz CT molecular complexity index is 953. The molecule has 0 spiro atoms. The standard InChI is InChI=1S/C24H28N2O5/c1-5-13-26-20-12-7-17(14-21(20)31-16-24(3,4)23(26)28)25-22(27)15-30-19-10-8-18(9-11-19)29-6-2/h5,7-12,14H,1,6,13,15-16H2,2-4H3,(H,25,27). The molecule has 0 saturated heterocycles. The number of nitrogens with one attached hydrogen (secondary N) is 1. The van der Waals surface area contributed by atoms with Crippen LogP contribution >= 0.6 is 0 Å². The summed E-state index contributed by atoms with van der Waals surface area (Å²) in [6.45, 7) is 10.4. The van der Waals surface area contributed by atoms with Crippen LogP contribution in [-0.4, -0.2) is 38.2 Å². The summed E-state index contributed by atoms with van der Waals surface area (Å²) >= 11 is 0. The van der Waals surface area contributed by atoms with E-state index in [9.17, 15) is 9.59 Å². The summed E-state index contributed by atoms with van der Waals surface area (Å²) in [4.78, 5) is 26.8. The number of rotatable bonds is 8. The highest BCUT2D eigenvalue weighted by molar-refractivity contribution is 6.00. The van der Waals surface area contributed by atoms with Crippen LogP contribution < -0.4 is 24.4 Å². The molecule has 164 valence electrons. The van der Waals surface area contributed by atoms with Crippen molar-refractivity contribution in [2.75, 3.05) is 36.6 Å². The van der Waals surface area contributed by atoms with Gasteiger partial charge in [-0.05, 0) is 57.2 Å². The zero-order valence-corrected chi connectivity index (χ0v) is 18.1. The van der Waals surface area contributed by atoms with Crippen molar-refractivity contribution < 1.29 is 23.8 Å². The monoisotopic (exact) mass is 424 g/mol. The van der Waals surface area contributed by atoms with Crippen LogP contribution in [0, 0.1) is 5.41 Å². The summed E-state index contributed by atoms with van der Waals surface area (Å²) in [6, 6.07) is 12.3. The van der Waals surface area contributed by atoms with Crippen LogP contribution in [0.3, 0.4) is 0 Å². The third-order valence-corrected chi connectivity index (χ3v) is 4.76. The molecule has 7 nitrogen and oxygen atoms in total. The molecule has 3 rings (SSSR count). The molecule has 1 N–H and O–H groups in total. The molecule has 0 radical (unpaired) electrons. The average Bonchev–Trinajstić information content (AvgIpc) is 2.84. The number of ether oxygens (including phenoxy) is 3. The molecule has 0 fully saturated rings. The molecule has 2 aromatic carbocycles. The topological polar surface area (TPSA) is 77.1 Å². The second-order valence-electron chi connectivity index (χ2n) is 7.80. The van der Waals surface area contributed by atoms with Gasteiger partial charge in [0.1, 0.15) is 23.9 Å². The van der Waals surface area contributed by atoms with Gasteiger partial charge < -0.3 is 24.4 Å². The van der Waals surface area contributed by atoms with Crippen LogP contribution in [0.15, 0.2) is 55.1 Å². The number of benzene rings is 2. The van der Waals surface area contributed by atoms with Gasteiger partial charge in [0.25, 0.3) is 5.91 Å². The van der Waals surface area contributed by atoms with Gasteiger partial charge in [0.2, 0.25) is 5.91 Å². The lowest BCUT2D eigenvalue weighted by Crippen LogP contribution is -2.42. The number of anilines is 2. The zero-order chi connectivity index (χ0) is 22.4. The lowest BCUT2D eigenvalue weighted by Gasteiger charge is -2.27. The van der Waals surface area contributed by atoms with Gasteiger partial charge in [0, 0.05) is 18.3 Å². The average molecular weight is 424 g/mol. The molecular formula is C24H28N2O5. The first-order valence-corrected chi connectivity index (χ1v) is 10.2. The first kappa shape index (κ1) is 22.2. The first-order chi connectivity index (χ1) is 14.8. The van der Waals surface area contributed by atoms with E-state index in [4.69, 9.17) is 14.2 Å². The largest absolute Gasteiger partial charge is 0.494 e. The Kier molecular flexibility index (Phi) is 6.84. The van der Waals surface area contributed by atoms with E-state index in [1.807, 2.05) is 20.8 Å². The predicted molar refractivity (Wildman–Crippen MR) is 120 cm³/mol. The SMILES string of the molecule is C=CCN1C(=O)C(C)(C)COc2cc(NC(=O)COc3ccc(OCC)cc3)ccc21. The normalized spacial score (nSPS) is 14.7. The lowest BCUT2D eigenvalue weighted by molar-refractivity contribution is -0.127. The second kappa shape index (κ2) is 9.55.